The zero-order valence-corrected chi connectivity index (χ0v) is 12.1. The van der Waals surface area contributed by atoms with Crippen LogP contribution >= 0.6 is 0 Å². The fourth-order valence-corrected chi connectivity index (χ4v) is 2.99. The van der Waals surface area contributed by atoms with Gasteiger partial charge in [-0.25, -0.2) is 0 Å². The van der Waals surface area contributed by atoms with E-state index in [1.54, 1.807) is 12.1 Å². The Labute approximate surface area is 123 Å². The third-order valence-electron chi connectivity index (χ3n) is 4.20. The standard InChI is InChI=1S/C15H20N4O2/c1-18-4-5-19(12(8-16)9-18)15(21)11-3-2-10-7-14(20)17-13(10)6-11/h2-3,6,12H,4-5,7-9,16H2,1H3,(H,17,20). The molecule has 0 aliphatic carbocycles. The number of nitrogens with one attached hydrogen (secondary N) is 1. The van der Waals surface area contributed by atoms with Crippen molar-refractivity contribution in [1.29, 1.82) is 0 Å². The van der Waals surface area contributed by atoms with Gasteiger partial charge in [-0.1, -0.05) is 6.07 Å². The number of rotatable bonds is 2. The second-order valence-electron chi connectivity index (χ2n) is 5.75. The molecule has 0 aromatic heterocycles. The van der Waals surface area contributed by atoms with Crippen LogP contribution in [-0.4, -0.2) is 60.9 Å². The summed E-state index contributed by atoms with van der Waals surface area (Å²) in [7, 11) is 2.04. The maximum absolute atomic E-state index is 12.7. The molecular formula is C15H20N4O2. The van der Waals surface area contributed by atoms with E-state index in [4.69, 9.17) is 5.73 Å². The van der Waals surface area contributed by atoms with Crippen LogP contribution in [0.15, 0.2) is 18.2 Å². The maximum Gasteiger partial charge on any atom is 0.254 e. The van der Waals surface area contributed by atoms with Gasteiger partial charge in [-0.15, -0.1) is 0 Å². The third-order valence-corrected chi connectivity index (χ3v) is 4.20. The summed E-state index contributed by atoms with van der Waals surface area (Å²) in [6.07, 6.45) is 0.393. The number of carbonyl (C=O) groups is 2. The number of amides is 2. The molecule has 6 heteroatoms. The quantitative estimate of drug-likeness (QED) is 0.796. The van der Waals surface area contributed by atoms with Crippen LogP contribution in [0, 0.1) is 0 Å². The molecule has 0 bridgehead atoms. The van der Waals surface area contributed by atoms with E-state index in [1.807, 2.05) is 18.0 Å². The molecule has 112 valence electrons. The second-order valence-corrected chi connectivity index (χ2v) is 5.75. The predicted molar refractivity (Wildman–Crippen MR) is 80.2 cm³/mol. The first-order valence-corrected chi connectivity index (χ1v) is 7.21. The molecule has 2 aliphatic rings. The lowest BCUT2D eigenvalue weighted by Crippen LogP contribution is -2.56. The van der Waals surface area contributed by atoms with Gasteiger partial charge < -0.3 is 20.9 Å². The molecule has 0 saturated carbocycles. The minimum Gasteiger partial charge on any atom is -0.332 e. The Kier molecular flexibility index (Phi) is 3.65. The summed E-state index contributed by atoms with van der Waals surface area (Å²) < 4.78 is 0. The monoisotopic (exact) mass is 288 g/mol. The Hall–Kier alpha value is -1.92. The van der Waals surface area contributed by atoms with Gasteiger partial charge in [-0.2, -0.15) is 0 Å². The Morgan fingerprint density at radius 1 is 1.43 bits per heavy atom. The summed E-state index contributed by atoms with van der Waals surface area (Å²) in [5.74, 6) is -0.0310. The van der Waals surface area contributed by atoms with Gasteiger partial charge in [0.1, 0.15) is 0 Å². The topological polar surface area (TPSA) is 78.7 Å². The number of nitrogens with two attached hydrogens (primary N) is 1. The average molecular weight is 288 g/mol. The normalized spacial score (nSPS) is 22.1. The van der Waals surface area contributed by atoms with Crippen LogP contribution in [0.4, 0.5) is 5.69 Å². The van der Waals surface area contributed by atoms with Crippen LogP contribution in [0.2, 0.25) is 0 Å². The maximum atomic E-state index is 12.7. The molecule has 1 unspecified atom stereocenters. The minimum atomic E-state index is -0.0194. The molecule has 1 fully saturated rings. The molecule has 3 rings (SSSR count). The van der Waals surface area contributed by atoms with Crippen LogP contribution in [0.5, 0.6) is 0 Å². The molecule has 2 amide bonds. The summed E-state index contributed by atoms with van der Waals surface area (Å²) in [5.41, 5.74) is 8.12. The predicted octanol–water partition coefficient (Wildman–Crippen LogP) is -0.104. The van der Waals surface area contributed by atoms with E-state index in [1.165, 1.54) is 0 Å². The van der Waals surface area contributed by atoms with Crippen LogP contribution < -0.4 is 11.1 Å². The van der Waals surface area contributed by atoms with Crippen molar-refractivity contribution in [2.45, 2.75) is 12.5 Å². The fourth-order valence-electron chi connectivity index (χ4n) is 2.99. The molecule has 1 atom stereocenters. The molecule has 1 aromatic rings. The Balaban J connectivity index is 1.82. The lowest BCUT2D eigenvalue weighted by atomic mass is 10.1. The van der Waals surface area contributed by atoms with Crippen molar-refractivity contribution in [3.05, 3.63) is 29.3 Å². The zero-order valence-electron chi connectivity index (χ0n) is 12.1. The van der Waals surface area contributed by atoms with Gasteiger partial charge in [0.15, 0.2) is 0 Å². The van der Waals surface area contributed by atoms with Crippen molar-refractivity contribution in [1.82, 2.24) is 9.80 Å². The number of piperazine rings is 1. The number of anilines is 1. The van der Waals surface area contributed by atoms with E-state index in [-0.39, 0.29) is 17.9 Å². The number of likely N-dealkylation sites (N-methyl/N-ethyl adjacent to an activating group) is 1. The first-order chi connectivity index (χ1) is 10.1. The van der Waals surface area contributed by atoms with E-state index in [0.717, 1.165) is 24.3 Å². The number of benzene rings is 1. The Morgan fingerprint density at radius 2 is 2.24 bits per heavy atom. The van der Waals surface area contributed by atoms with Gasteiger partial charge >= 0.3 is 0 Å². The smallest absolute Gasteiger partial charge is 0.254 e. The van der Waals surface area contributed by atoms with Gasteiger partial charge in [0.05, 0.1) is 12.5 Å². The van der Waals surface area contributed by atoms with Crippen molar-refractivity contribution in [3.8, 4) is 0 Å². The first kappa shape index (κ1) is 14.0. The van der Waals surface area contributed by atoms with Crippen molar-refractivity contribution in [2.24, 2.45) is 5.73 Å². The highest BCUT2D eigenvalue weighted by molar-refractivity contribution is 6.02. The van der Waals surface area contributed by atoms with Crippen LogP contribution in [-0.2, 0) is 11.2 Å². The van der Waals surface area contributed by atoms with Crippen molar-refractivity contribution in [2.75, 3.05) is 38.5 Å². The van der Waals surface area contributed by atoms with E-state index in [2.05, 4.69) is 10.2 Å². The Morgan fingerprint density at radius 3 is 3.00 bits per heavy atom. The second kappa shape index (κ2) is 5.46. The first-order valence-electron chi connectivity index (χ1n) is 7.21. The van der Waals surface area contributed by atoms with Gasteiger partial charge in [-0.05, 0) is 24.7 Å². The van der Waals surface area contributed by atoms with Crippen molar-refractivity contribution < 1.29 is 9.59 Å². The summed E-state index contributed by atoms with van der Waals surface area (Å²) in [6.45, 7) is 2.78. The molecule has 0 radical (unpaired) electrons. The van der Waals surface area contributed by atoms with Gasteiger partial charge in [0.2, 0.25) is 5.91 Å². The summed E-state index contributed by atoms with van der Waals surface area (Å²) in [5, 5.41) is 2.79. The number of nitrogens with zero attached hydrogens (tertiary/aromatic N) is 2. The van der Waals surface area contributed by atoms with E-state index < -0.39 is 0 Å². The van der Waals surface area contributed by atoms with Crippen molar-refractivity contribution >= 4 is 17.5 Å². The molecule has 2 aliphatic heterocycles. The lowest BCUT2D eigenvalue weighted by Gasteiger charge is -2.39. The van der Waals surface area contributed by atoms with Crippen molar-refractivity contribution in [3.63, 3.8) is 0 Å². The van der Waals surface area contributed by atoms with Crippen LogP contribution in [0.25, 0.3) is 0 Å². The zero-order chi connectivity index (χ0) is 15.0. The van der Waals surface area contributed by atoms with Gasteiger partial charge in [-0.3, -0.25) is 9.59 Å². The van der Waals surface area contributed by atoms with E-state index >= 15 is 0 Å². The largest absolute Gasteiger partial charge is 0.332 e. The molecular weight excluding hydrogens is 268 g/mol. The highest BCUT2D eigenvalue weighted by Crippen LogP contribution is 2.25. The molecule has 1 aromatic carbocycles. The lowest BCUT2D eigenvalue weighted by molar-refractivity contribution is -0.115. The number of carbonyl (C=O) groups excluding carboxylic acids is 2. The Bertz CT molecular complexity index is 587. The number of hydrogen-bond donors (Lipinski definition) is 2. The summed E-state index contributed by atoms with van der Waals surface area (Å²) in [4.78, 5) is 28.1. The molecule has 2 heterocycles. The molecule has 6 nitrogen and oxygen atoms in total. The summed E-state index contributed by atoms with van der Waals surface area (Å²) >= 11 is 0. The molecule has 21 heavy (non-hydrogen) atoms. The molecule has 1 saturated heterocycles. The third kappa shape index (κ3) is 2.64. The van der Waals surface area contributed by atoms with Gasteiger partial charge in [0, 0.05) is 37.4 Å². The van der Waals surface area contributed by atoms with Crippen LogP contribution in [0.1, 0.15) is 15.9 Å². The minimum absolute atomic E-state index is 0.0116. The average Bonchev–Trinajstić information content (AvgIpc) is 2.85. The number of fused-ring (bicyclic) bond motifs is 1. The molecule has 0 spiro atoms. The van der Waals surface area contributed by atoms with E-state index in [0.29, 0.717) is 25.1 Å². The van der Waals surface area contributed by atoms with Crippen LogP contribution in [0.3, 0.4) is 0 Å². The molecule has 3 N–H and O–H groups in total. The fraction of sp³-hybridized carbons (Fsp3) is 0.467. The highest BCUT2D eigenvalue weighted by atomic mass is 16.2. The SMILES string of the molecule is CN1CCN(C(=O)c2ccc3c(c2)NC(=O)C3)C(CN)C1. The van der Waals surface area contributed by atoms with Gasteiger partial charge in [0.25, 0.3) is 5.91 Å². The van der Waals surface area contributed by atoms with E-state index in [9.17, 15) is 9.59 Å². The summed E-state index contributed by atoms with van der Waals surface area (Å²) in [6, 6.07) is 5.47. The highest BCUT2D eigenvalue weighted by Gasteiger charge is 2.29. The number of hydrogen-bond acceptors (Lipinski definition) is 4.